The van der Waals surface area contributed by atoms with Gasteiger partial charge in [-0.2, -0.15) is 0 Å². The van der Waals surface area contributed by atoms with Gasteiger partial charge in [-0.25, -0.2) is 0 Å². The fourth-order valence-corrected chi connectivity index (χ4v) is 6.63. The predicted octanol–water partition coefficient (Wildman–Crippen LogP) is 12.0. The normalized spacial score (nSPS) is 11.1. The highest BCUT2D eigenvalue weighted by Gasteiger charge is 2.20. The third-order valence-corrected chi connectivity index (χ3v) is 8.78. The zero-order valence-electron chi connectivity index (χ0n) is 25.3. The van der Waals surface area contributed by atoms with Gasteiger partial charge in [0.05, 0.1) is 11.4 Å². The van der Waals surface area contributed by atoms with Crippen LogP contribution in [-0.2, 0) is 0 Å². The van der Waals surface area contributed by atoms with Crippen molar-refractivity contribution in [1.29, 1.82) is 0 Å². The van der Waals surface area contributed by atoms with Gasteiger partial charge >= 0.3 is 0 Å². The first-order valence-corrected chi connectivity index (χ1v) is 15.6. The Balaban J connectivity index is 1.42. The minimum atomic E-state index is 0.749. The van der Waals surface area contributed by atoms with Crippen LogP contribution in [0.5, 0.6) is 0 Å². The predicted molar refractivity (Wildman–Crippen MR) is 197 cm³/mol. The fraction of sp³-hybridized carbons (Fsp3) is 0. The molecule has 0 aliphatic carbocycles. The molecule has 0 saturated carbocycles. The Bertz CT molecular complexity index is 2230. The van der Waals surface area contributed by atoms with Gasteiger partial charge in [-0.3, -0.25) is 0 Å². The van der Waals surface area contributed by atoms with E-state index in [-0.39, 0.29) is 0 Å². The number of rotatable bonds is 6. The van der Waals surface area contributed by atoms with E-state index in [1.807, 2.05) is 6.07 Å². The Morgan fingerprint density at radius 1 is 0.348 bits per heavy atom. The average Bonchev–Trinajstić information content (AvgIpc) is 3.13. The van der Waals surface area contributed by atoms with Crippen LogP contribution in [0.2, 0.25) is 0 Å². The van der Waals surface area contributed by atoms with Gasteiger partial charge in [0.25, 0.3) is 0 Å². The first-order valence-electron chi connectivity index (χ1n) is 15.6. The highest BCUT2D eigenvalue weighted by Crippen LogP contribution is 2.46. The summed E-state index contributed by atoms with van der Waals surface area (Å²) in [4.78, 5) is 2.42. The summed E-state index contributed by atoms with van der Waals surface area (Å²) in [5.41, 5.74) is 17.4. The number of benzene rings is 8. The summed E-state index contributed by atoms with van der Waals surface area (Å²) in [6, 6.07) is 64.7. The van der Waals surface area contributed by atoms with Crippen LogP contribution < -0.4 is 10.6 Å². The Morgan fingerprint density at radius 3 is 1.37 bits per heavy atom. The molecule has 2 nitrogen and oxygen atoms in total. The summed E-state index contributed by atoms with van der Waals surface area (Å²) >= 11 is 0. The molecule has 0 radical (unpaired) electrons. The third kappa shape index (κ3) is 4.96. The van der Waals surface area contributed by atoms with Gasteiger partial charge in [0, 0.05) is 22.1 Å². The summed E-state index contributed by atoms with van der Waals surface area (Å²) in [7, 11) is 0. The molecule has 2 N–H and O–H groups in total. The lowest BCUT2D eigenvalue weighted by Crippen LogP contribution is -2.11. The number of nitrogens with zero attached hydrogens (tertiary/aromatic N) is 1. The van der Waals surface area contributed by atoms with E-state index in [9.17, 15) is 0 Å². The fourth-order valence-electron chi connectivity index (χ4n) is 6.63. The van der Waals surface area contributed by atoms with E-state index in [0.29, 0.717) is 0 Å². The first kappa shape index (κ1) is 27.4. The maximum absolute atomic E-state index is 6.37. The van der Waals surface area contributed by atoms with Crippen LogP contribution in [0.15, 0.2) is 182 Å². The Morgan fingerprint density at radius 2 is 0.804 bits per heavy atom. The standard InChI is InChI=1S/C44H32N2/c45-35-25-27-39(41(29-35)33-13-3-1-4-14-33)40-28-26-36(30-42(40)34-15-5-2-6-16-34)46(43-23-11-19-31-17-7-9-21-37(31)43)44-24-12-20-32-18-8-10-22-38(32)44/h1-30H,45H2. The molecule has 218 valence electrons. The van der Waals surface area contributed by atoms with E-state index in [2.05, 4.69) is 181 Å². The molecule has 2 heteroatoms. The van der Waals surface area contributed by atoms with Crippen LogP contribution in [0.3, 0.4) is 0 Å². The highest BCUT2D eigenvalue weighted by atomic mass is 15.1. The van der Waals surface area contributed by atoms with Gasteiger partial charge in [-0.15, -0.1) is 0 Å². The molecule has 0 saturated heterocycles. The molecular weight excluding hydrogens is 556 g/mol. The molecule has 46 heavy (non-hydrogen) atoms. The molecule has 8 aromatic carbocycles. The van der Waals surface area contributed by atoms with Crippen molar-refractivity contribution < 1.29 is 0 Å². The smallest absolute Gasteiger partial charge is 0.0540 e. The monoisotopic (exact) mass is 588 g/mol. The summed E-state index contributed by atoms with van der Waals surface area (Å²) in [6.07, 6.45) is 0. The van der Waals surface area contributed by atoms with Crippen molar-refractivity contribution in [3.63, 3.8) is 0 Å². The van der Waals surface area contributed by atoms with Crippen molar-refractivity contribution in [3.8, 4) is 33.4 Å². The van der Waals surface area contributed by atoms with Crippen LogP contribution in [-0.4, -0.2) is 0 Å². The minimum absolute atomic E-state index is 0.749. The minimum Gasteiger partial charge on any atom is -0.399 e. The quantitative estimate of drug-likeness (QED) is 0.196. The lowest BCUT2D eigenvalue weighted by Gasteiger charge is -2.29. The Kier molecular flexibility index (Phi) is 7.01. The van der Waals surface area contributed by atoms with Gasteiger partial charge in [0.1, 0.15) is 0 Å². The third-order valence-electron chi connectivity index (χ3n) is 8.78. The number of nitrogen functional groups attached to an aromatic ring is 1. The van der Waals surface area contributed by atoms with Crippen LogP contribution in [0.25, 0.3) is 54.9 Å². The summed E-state index contributed by atoms with van der Waals surface area (Å²) < 4.78 is 0. The molecule has 8 aromatic rings. The molecule has 0 aliphatic rings. The lowest BCUT2D eigenvalue weighted by molar-refractivity contribution is 1.31. The van der Waals surface area contributed by atoms with Crippen LogP contribution in [0, 0.1) is 0 Å². The second-order valence-corrected chi connectivity index (χ2v) is 11.6. The largest absolute Gasteiger partial charge is 0.399 e. The van der Waals surface area contributed by atoms with Crippen LogP contribution >= 0.6 is 0 Å². The average molecular weight is 589 g/mol. The molecule has 0 unspecified atom stereocenters. The van der Waals surface area contributed by atoms with Gasteiger partial charge in [0.2, 0.25) is 0 Å². The molecule has 0 bridgehead atoms. The second-order valence-electron chi connectivity index (χ2n) is 11.6. The van der Waals surface area contributed by atoms with E-state index >= 15 is 0 Å². The van der Waals surface area contributed by atoms with Gasteiger partial charge in [-0.1, -0.05) is 146 Å². The van der Waals surface area contributed by atoms with E-state index in [1.165, 1.54) is 21.5 Å². The van der Waals surface area contributed by atoms with E-state index < -0.39 is 0 Å². The number of hydrogen-bond acceptors (Lipinski definition) is 2. The number of nitrogens with two attached hydrogens (primary N) is 1. The SMILES string of the molecule is Nc1ccc(-c2ccc(N(c3cccc4ccccc34)c3cccc4ccccc34)cc2-c2ccccc2)c(-c2ccccc2)c1. The van der Waals surface area contributed by atoms with Gasteiger partial charge in [-0.05, 0) is 80.6 Å². The maximum Gasteiger partial charge on any atom is 0.0540 e. The number of fused-ring (bicyclic) bond motifs is 2. The van der Waals surface area contributed by atoms with Crippen molar-refractivity contribution in [2.75, 3.05) is 10.6 Å². The van der Waals surface area contributed by atoms with Crippen molar-refractivity contribution in [2.45, 2.75) is 0 Å². The molecule has 0 fully saturated rings. The molecular formula is C44H32N2. The van der Waals surface area contributed by atoms with Crippen molar-refractivity contribution in [1.82, 2.24) is 0 Å². The Labute approximate surface area is 269 Å². The molecule has 8 rings (SSSR count). The highest BCUT2D eigenvalue weighted by molar-refractivity contribution is 6.05. The summed E-state index contributed by atoms with van der Waals surface area (Å²) in [6.45, 7) is 0. The summed E-state index contributed by atoms with van der Waals surface area (Å²) in [5.74, 6) is 0. The molecule has 0 spiro atoms. The van der Waals surface area contributed by atoms with E-state index in [1.54, 1.807) is 0 Å². The van der Waals surface area contributed by atoms with Crippen molar-refractivity contribution >= 4 is 44.3 Å². The lowest BCUT2D eigenvalue weighted by atomic mass is 9.88. The Hall–Kier alpha value is -6.12. The van der Waals surface area contributed by atoms with Crippen LogP contribution in [0.4, 0.5) is 22.7 Å². The molecule has 0 amide bonds. The van der Waals surface area contributed by atoms with Gasteiger partial charge in [0.15, 0.2) is 0 Å². The van der Waals surface area contributed by atoms with E-state index in [0.717, 1.165) is 56.1 Å². The van der Waals surface area contributed by atoms with Gasteiger partial charge < -0.3 is 10.6 Å². The zero-order valence-corrected chi connectivity index (χ0v) is 25.3. The van der Waals surface area contributed by atoms with Crippen LogP contribution in [0.1, 0.15) is 0 Å². The molecule has 0 heterocycles. The number of anilines is 4. The second kappa shape index (κ2) is 11.8. The topological polar surface area (TPSA) is 29.3 Å². The van der Waals surface area contributed by atoms with Crippen molar-refractivity contribution in [3.05, 3.63) is 182 Å². The molecule has 0 aromatic heterocycles. The first-order chi connectivity index (χ1) is 22.7. The molecule has 0 aliphatic heterocycles. The summed E-state index contributed by atoms with van der Waals surface area (Å²) in [5, 5.41) is 4.82. The number of hydrogen-bond donors (Lipinski definition) is 1. The maximum atomic E-state index is 6.37. The zero-order chi connectivity index (χ0) is 30.9. The van der Waals surface area contributed by atoms with Crippen molar-refractivity contribution in [2.24, 2.45) is 0 Å². The van der Waals surface area contributed by atoms with E-state index in [4.69, 9.17) is 5.73 Å². The molecule has 0 atom stereocenters.